The van der Waals surface area contributed by atoms with Gasteiger partial charge in [0.1, 0.15) is 0 Å². The van der Waals surface area contributed by atoms with Crippen LogP contribution in [0.25, 0.3) is 0 Å². The first-order chi connectivity index (χ1) is 6.54. The molecule has 0 atom stereocenters. The molecule has 0 N–H and O–H groups in total. The minimum Gasteiger partial charge on any atom is -0.548 e. The predicted octanol–water partition coefficient (Wildman–Crippen LogP) is -2.46. The van der Waals surface area contributed by atoms with Gasteiger partial charge in [0.2, 0.25) is 0 Å². The molecule has 0 heterocycles. The number of carboxylic acid groups (broad SMARTS) is 2. The van der Waals surface area contributed by atoms with E-state index in [2.05, 4.69) is 9.47 Å². The molecule has 84 valence electrons. The van der Waals surface area contributed by atoms with Gasteiger partial charge >= 0.3 is 27.3 Å². The Morgan fingerprint density at radius 1 is 0.933 bits per heavy atom. The quantitative estimate of drug-likeness (QED) is 0.504. The van der Waals surface area contributed by atoms with Gasteiger partial charge in [0.15, 0.2) is 0 Å². The fraction of sp³-hybridized carbons (Fsp3) is 0.750. The van der Waals surface area contributed by atoms with E-state index in [4.69, 9.17) is 0 Å². The van der Waals surface area contributed by atoms with Crippen molar-refractivity contribution in [3.05, 3.63) is 0 Å². The SMILES string of the molecule is CCOCC(=O)[O-].CCOCC(=O)[O-].[Cd+2]. The number of hydrogen-bond acceptors (Lipinski definition) is 6. The summed E-state index contributed by atoms with van der Waals surface area (Å²) in [5.41, 5.74) is 0. The van der Waals surface area contributed by atoms with E-state index < -0.39 is 11.9 Å². The standard InChI is InChI=1S/2C4H8O3.Cd/c2*1-2-7-3-4(5)6;/h2*2-3H2,1H3,(H,5,6);/q;;+2/p-2. The van der Waals surface area contributed by atoms with Crippen LogP contribution < -0.4 is 10.2 Å². The van der Waals surface area contributed by atoms with Gasteiger partial charge in [-0.3, -0.25) is 0 Å². The Labute approximate surface area is 109 Å². The molecule has 0 saturated carbocycles. The Bertz CT molecular complexity index is 143. The Kier molecular flexibility index (Phi) is 21.9. The Morgan fingerprint density at radius 3 is 1.27 bits per heavy atom. The van der Waals surface area contributed by atoms with Crippen LogP contribution in [-0.2, 0) is 46.4 Å². The summed E-state index contributed by atoms with van der Waals surface area (Å²) in [6.45, 7) is 3.71. The van der Waals surface area contributed by atoms with E-state index in [1.807, 2.05) is 0 Å². The maximum Gasteiger partial charge on any atom is 2.00 e. The number of aliphatic carboxylic acids is 2. The first-order valence-corrected chi connectivity index (χ1v) is 4.09. The molecule has 0 amide bonds. The minimum atomic E-state index is -1.16. The molecule has 0 unspecified atom stereocenters. The maximum atomic E-state index is 9.52. The maximum absolute atomic E-state index is 9.52. The van der Waals surface area contributed by atoms with E-state index in [0.29, 0.717) is 13.2 Å². The van der Waals surface area contributed by atoms with Crippen molar-refractivity contribution in [3.8, 4) is 0 Å². The van der Waals surface area contributed by atoms with Crippen LogP contribution in [0.4, 0.5) is 0 Å². The molecule has 7 heteroatoms. The van der Waals surface area contributed by atoms with E-state index in [0.717, 1.165) is 0 Å². The molecule has 0 aliphatic heterocycles. The van der Waals surface area contributed by atoms with Crippen molar-refractivity contribution in [1.82, 2.24) is 0 Å². The molecule has 0 saturated heterocycles. The van der Waals surface area contributed by atoms with E-state index in [9.17, 15) is 19.8 Å². The van der Waals surface area contributed by atoms with Crippen molar-refractivity contribution >= 4 is 11.9 Å². The van der Waals surface area contributed by atoms with Crippen LogP contribution in [0.2, 0.25) is 0 Å². The van der Waals surface area contributed by atoms with Gasteiger partial charge in [-0.1, -0.05) is 0 Å². The van der Waals surface area contributed by atoms with Crippen molar-refractivity contribution in [1.29, 1.82) is 0 Å². The average molecular weight is 319 g/mol. The van der Waals surface area contributed by atoms with Gasteiger partial charge in [0.05, 0.1) is 25.2 Å². The van der Waals surface area contributed by atoms with Gasteiger partial charge in [0, 0.05) is 13.2 Å². The number of carboxylic acids is 2. The van der Waals surface area contributed by atoms with Crippen LogP contribution >= 0.6 is 0 Å². The first kappa shape index (κ1) is 20.2. The number of hydrogen-bond donors (Lipinski definition) is 0. The predicted molar refractivity (Wildman–Crippen MR) is 43.0 cm³/mol. The zero-order valence-corrected chi connectivity index (χ0v) is 13.0. The third-order valence-electron chi connectivity index (χ3n) is 0.848. The van der Waals surface area contributed by atoms with E-state index in [1.165, 1.54) is 0 Å². The van der Waals surface area contributed by atoms with E-state index in [-0.39, 0.29) is 40.5 Å². The van der Waals surface area contributed by atoms with E-state index >= 15 is 0 Å². The molecule has 0 aromatic carbocycles. The third kappa shape index (κ3) is 31.6. The zero-order chi connectivity index (χ0) is 11.4. The van der Waals surface area contributed by atoms with Gasteiger partial charge < -0.3 is 29.3 Å². The Morgan fingerprint density at radius 2 is 1.20 bits per heavy atom. The van der Waals surface area contributed by atoms with Gasteiger partial charge in [-0.25, -0.2) is 0 Å². The Hall–Kier alpha value is -0.218. The van der Waals surface area contributed by atoms with Crippen molar-refractivity contribution in [2.24, 2.45) is 0 Å². The summed E-state index contributed by atoms with van der Waals surface area (Å²) in [5, 5.41) is 19.0. The second-order valence-electron chi connectivity index (χ2n) is 2.02. The molecule has 0 rings (SSSR count). The molecule has 0 bridgehead atoms. The molecule has 15 heavy (non-hydrogen) atoms. The first-order valence-electron chi connectivity index (χ1n) is 4.09. The van der Waals surface area contributed by atoms with Crippen LogP contribution in [0, 0.1) is 0 Å². The number of carbonyl (C=O) groups excluding carboxylic acids is 2. The molecule has 0 radical (unpaired) electrons. The van der Waals surface area contributed by atoms with Crippen molar-refractivity contribution in [3.63, 3.8) is 0 Å². The van der Waals surface area contributed by atoms with Gasteiger partial charge in [-0.15, -0.1) is 0 Å². The molecule has 6 nitrogen and oxygen atoms in total. The number of carbonyl (C=O) groups is 2. The van der Waals surface area contributed by atoms with Crippen molar-refractivity contribution < 1.29 is 56.6 Å². The van der Waals surface area contributed by atoms with Crippen LogP contribution in [0.3, 0.4) is 0 Å². The summed E-state index contributed by atoms with van der Waals surface area (Å²) >= 11 is 0. The number of ether oxygens (including phenoxy) is 2. The molecule has 0 fully saturated rings. The summed E-state index contributed by atoms with van der Waals surface area (Å²) in [6.07, 6.45) is 0. The average Bonchev–Trinajstić information content (AvgIpc) is 2.12. The second-order valence-corrected chi connectivity index (χ2v) is 2.02. The molecular formula is C8H14CdO6. The molecular weight excluding hydrogens is 304 g/mol. The third-order valence-corrected chi connectivity index (χ3v) is 0.848. The molecule has 0 aliphatic rings. The largest absolute Gasteiger partial charge is 2.00 e. The van der Waals surface area contributed by atoms with Crippen molar-refractivity contribution in [2.45, 2.75) is 13.8 Å². The van der Waals surface area contributed by atoms with E-state index in [1.54, 1.807) is 13.8 Å². The molecule has 0 aliphatic carbocycles. The summed E-state index contributed by atoms with van der Waals surface area (Å²) in [6, 6.07) is 0. The minimum absolute atomic E-state index is 0. The molecule has 0 spiro atoms. The smallest absolute Gasteiger partial charge is 0.548 e. The Balaban J connectivity index is -0.000000180. The van der Waals surface area contributed by atoms with Gasteiger partial charge in [-0.05, 0) is 13.8 Å². The van der Waals surface area contributed by atoms with Gasteiger partial charge in [-0.2, -0.15) is 0 Å². The fourth-order valence-electron chi connectivity index (χ4n) is 0.371. The molecule has 0 aromatic heterocycles. The topological polar surface area (TPSA) is 98.7 Å². The summed E-state index contributed by atoms with van der Waals surface area (Å²) in [7, 11) is 0. The summed E-state index contributed by atoms with van der Waals surface area (Å²) in [4.78, 5) is 19.0. The molecule has 0 aromatic rings. The monoisotopic (exact) mass is 320 g/mol. The number of rotatable bonds is 6. The fourth-order valence-corrected chi connectivity index (χ4v) is 0.371. The van der Waals surface area contributed by atoms with Crippen molar-refractivity contribution in [2.75, 3.05) is 26.4 Å². The van der Waals surface area contributed by atoms with Gasteiger partial charge in [0.25, 0.3) is 0 Å². The van der Waals surface area contributed by atoms with Crippen LogP contribution in [0.15, 0.2) is 0 Å². The summed E-state index contributed by atoms with van der Waals surface area (Å²) < 4.78 is 8.87. The van der Waals surface area contributed by atoms with Crippen LogP contribution in [-0.4, -0.2) is 38.4 Å². The van der Waals surface area contributed by atoms with Crippen LogP contribution in [0.1, 0.15) is 13.8 Å². The van der Waals surface area contributed by atoms with Crippen LogP contribution in [0.5, 0.6) is 0 Å². The zero-order valence-electron chi connectivity index (χ0n) is 8.99. The normalized spacial score (nSPS) is 8.13. The summed E-state index contributed by atoms with van der Waals surface area (Å²) in [5.74, 6) is -2.33. The second kappa shape index (κ2) is 16.2.